The number of hydrogen-bond acceptors (Lipinski definition) is 4. The molecule has 0 unspecified atom stereocenters. The van der Waals surface area contributed by atoms with Crippen molar-refractivity contribution < 1.29 is 0 Å². The first-order valence-corrected chi connectivity index (χ1v) is 6.55. The van der Waals surface area contributed by atoms with Crippen molar-refractivity contribution in [2.24, 2.45) is 5.92 Å². The molecule has 0 spiro atoms. The Balaban J connectivity index is 1.78. The molecule has 1 N–H and O–H groups in total. The molecule has 1 saturated carbocycles. The second-order valence-electron chi connectivity index (χ2n) is 6.01. The van der Waals surface area contributed by atoms with Crippen LogP contribution in [0.15, 0.2) is 0 Å². The summed E-state index contributed by atoms with van der Waals surface area (Å²) in [4.78, 5) is 0. The predicted octanol–water partition coefficient (Wildman–Crippen LogP) is 1.75. The van der Waals surface area contributed by atoms with Gasteiger partial charge < -0.3 is 5.32 Å². The van der Waals surface area contributed by atoms with E-state index in [0.29, 0.717) is 0 Å². The lowest BCUT2D eigenvalue weighted by molar-refractivity contribution is 0.404. The van der Waals surface area contributed by atoms with Gasteiger partial charge in [0.15, 0.2) is 5.82 Å². The highest BCUT2D eigenvalue weighted by Crippen LogP contribution is 2.33. The maximum Gasteiger partial charge on any atom is 0.165 e. The molecular formula is C12H23N5. The smallest absolute Gasteiger partial charge is 0.165 e. The molecule has 0 radical (unpaired) electrons. The molecule has 1 aromatic rings. The van der Waals surface area contributed by atoms with Gasteiger partial charge in [0, 0.05) is 12.1 Å². The fraction of sp³-hybridized carbons (Fsp3) is 0.917. The van der Waals surface area contributed by atoms with Gasteiger partial charge in [-0.15, -0.1) is 5.10 Å². The zero-order valence-electron chi connectivity index (χ0n) is 11.1. The maximum atomic E-state index is 4.07. The Morgan fingerprint density at radius 1 is 1.35 bits per heavy atom. The van der Waals surface area contributed by atoms with Crippen LogP contribution in [-0.2, 0) is 13.1 Å². The molecule has 1 fully saturated rings. The van der Waals surface area contributed by atoms with Gasteiger partial charge in [0.05, 0.1) is 6.54 Å². The highest BCUT2D eigenvalue weighted by Gasteiger charge is 2.20. The van der Waals surface area contributed by atoms with Crippen LogP contribution in [0, 0.1) is 5.92 Å². The Kier molecular flexibility index (Phi) is 3.76. The second-order valence-corrected chi connectivity index (χ2v) is 6.01. The van der Waals surface area contributed by atoms with Gasteiger partial charge in [-0.2, -0.15) is 0 Å². The van der Waals surface area contributed by atoms with E-state index in [0.717, 1.165) is 24.8 Å². The number of tetrazole rings is 1. The Labute approximate surface area is 103 Å². The fourth-order valence-electron chi connectivity index (χ4n) is 1.80. The van der Waals surface area contributed by atoms with Gasteiger partial charge in [-0.05, 0) is 50.0 Å². The summed E-state index contributed by atoms with van der Waals surface area (Å²) in [5, 5.41) is 15.3. The van der Waals surface area contributed by atoms with E-state index in [1.54, 1.807) is 0 Å². The standard InChI is InChI=1S/C12H23N5/c1-12(2,3)13-9-11-14-15-16-17(11)8-4-5-10-6-7-10/h10,13H,4-9H2,1-3H3. The number of nitrogens with one attached hydrogen (secondary N) is 1. The van der Waals surface area contributed by atoms with E-state index in [-0.39, 0.29) is 5.54 Å². The molecule has 2 rings (SSSR count). The molecule has 1 heterocycles. The van der Waals surface area contributed by atoms with Crippen molar-refractivity contribution in [3.8, 4) is 0 Å². The zero-order chi connectivity index (χ0) is 12.3. The molecule has 0 amide bonds. The molecule has 0 atom stereocenters. The summed E-state index contributed by atoms with van der Waals surface area (Å²) in [5.41, 5.74) is 0.102. The fourth-order valence-corrected chi connectivity index (χ4v) is 1.80. The first-order valence-electron chi connectivity index (χ1n) is 6.55. The quantitative estimate of drug-likeness (QED) is 0.819. The van der Waals surface area contributed by atoms with Gasteiger partial charge >= 0.3 is 0 Å². The molecule has 0 bridgehead atoms. The monoisotopic (exact) mass is 237 g/mol. The van der Waals surface area contributed by atoms with Crippen molar-refractivity contribution in [2.75, 3.05) is 0 Å². The van der Waals surface area contributed by atoms with Gasteiger partial charge in [0.1, 0.15) is 0 Å². The third-order valence-corrected chi connectivity index (χ3v) is 3.06. The normalized spacial score (nSPS) is 16.4. The molecule has 1 aromatic heterocycles. The van der Waals surface area contributed by atoms with E-state index in [1.165, 1.54) is 25.7 Å². The van der Waals surface area contributed by atoms with E-state index >= 15 is 0 Å². The van der Waals surface area contributed by atoms with Gasteiger partial charge in [0.25, 0.3) is 0 Å². The summed E-state index contributed by atoms with van der Waals surface area (Å²) in [6.45, 7) is 8.13. The van der Waals surface area contributed by atoms with Crippen molar-refractivity contribution >= 4 is 0 Å². The SMILES string of the molecule is CC(C)(C)NCc1nnnn1CCCC1CC1. The van der Waals surface area contributed by atoms with Crippen LogP contribution in [0.4, 0.5) is 0 Å². The third kappa shape index (κ3) is 4.42. The van der Waals surface area contributed by atoms with E-state index in [4.69, 9.17) is 0 Å². The topological polar surface area (TPSA) is 55.6 Å². The molecular weight excluding hydrogens is 214 g/mol. The Hall–Kier alpha value is -0.970. The average molecular weight is 237 g/mol. The summed E-state index contributed by atoms with van der Waals surface area (Å²) < 4.78 is 1.93. The van der Waals surface area contributed by atoms with E-state index < -0.39 is 0 Å². The van der Waals surface area contributed by atoms with Crippen molar-refractivity contribution in [3.63, 3.8) is 0 Å². The van der Waals surface area contributed by atoms with Crippen LogP contribution >= 0.6 is 0 Å². The summed E-state index contributed by atoms with van der Waals surface area (Å²) in [7, 11) is 0. The Morgan fingerprint density at radius 3 is 2.76 bits per heavy atom. The Morgan fingerprint density at radius 2 is 2.12 bits per heavy atom. The van der Waals surface area contributed by atoms with E-state index in [9.17, 15) is 0 Å². The summed E-state index contributed by atoms with van der Waals surface area (Å²) in [6, 6.07) is 0. The number of hydrogen-bond donors (Lipinski definition) is 1. The van der Waals surface area contributed by atoms with E-state index in [1.807, 2.05) is 4.68 Å². The largest absolute Gasteiger partial charge is 0.305 e. The van der Waals surface area contributed by atoms with Crippen LogP contribution in [-0.4, -0.2) is 25.7 Å². The number of aromatic nitrogens is 4. The van der Waals surface area contributed by atoms with Gasteiger partial charge in [-0.25, -0.2) is 4.68 Å². The van der Waals surface area contributed by atoms with Gasteiger partial charge in [0.2, 0.25) is 0 Å². The zero-order valence-corrected chi connectivity index (χ0v) is 11.1. The lowest BCUT2D eigenvalue weighted by atomic mass is 10.1. The molecule has 1 aliphatic carbocycles. The minimum atomic E-state index is 0.102. The van der Waals surface area contributed by atoms with Crippen molar-refractivity contribution in [3.05, 3.63) is 5.82 Å². The first-order chi connectivity index (χ1) is 8.04. The molecule has 0 aromatic carbocycles. The second kappa shape index (κ2) is 5.12. The van der Waals surface area contributed by atoms with Crippen molar-refractivity contribution in [1.29, 1.82) is 0 Å². The van der Waals surface area contributed by atoms with Crippen LogP contribution in [0.25, 0.3) is 0 Å². The molecule has 1 aliphatic rings. The van der Waals surface area contributed by atoms with Crippen LogP contribution in [0.2, 0.25) is 0 Å². The summed E-state index contributed by atoms with van der Waals surface area (Å²) >= 11 is 0. The number of aryl methyl sites for hydroxylation is 1. The van der Waals surface area contributed by atoms with Crippen LogP contribution in [0.1, 0.15) is 52.3 Å². The lowest BCUT2D eigenvalue weighted by Crippen LogP contribution is -2.36. The molecule has 0 saturated heterocycles. The molecule has 96 valence electrons. The molecule has 0 aliphatic heterocycles. The van der Waals surface area contributed by atoms with Crippen LogP contribution < -0.4 is 5.32 Å². The highest BCUT2D eigenvalue weighted by molar-refractivity contribution is 4.83. The molecule has 17 heavy (non-hydrogen) atoms. The minimum Gasteiger partial charge on any atom is -0.305 e. The first kappa shape index (κ1) is 12.5. The van der Waals surface area contributed by atoms with Crippen LogP contribution in [0.3, 0.4) is 0 Å². The Bertz CT molecular complexity index is 348. The lowest BCUT2D eigenvalue weighted by Gasteiger charge is -2.19. The molecule has 5 heteroatoms. The third-order valence-electron chi connectivity index (χ3n) is 3.06. The summed E-state index contributed by atoms with van der Waals surface area (Å²) in [6.07, 6.45) is 5.37. The van der Waals surface area contributed by atoms with Crippen molar-refractivity contribution in [2.45, 2.75) is 65.1 Å². The number of rotatable bonds is 6. The van der Waals surface area contributed by atoms with Gasteiger partial charge in [-0.3, -0.25) is 0 Å². The predicted molar refractivity (Wildman–Crippen MR) is 66.4 cm³/mol. The van der Waals surface area contributed by atoms with Gasteiger partial charge in [-0.1, -0.05) is 12.8 Å². The van der Waals surface area contributed by atoms with Crippen molar-refractivity contribution in [1.82, 2.24) is 25.5 Å². The van der Waals surface area contributed by atoms with E-state index in [2.05, 4.69) is 41.6 Å². The highest BCUT2D eigenvalue weighted by atomic mass is 15.5. The minimum absolute atomic E-state index is 0.102. The summed E-state index contributed by atoms with van der Waals surface area (Å²) in [5.74, 6) is 1.93. The maximum absolute atomic E-state index is 4.07. The van der Waals surface area contributed by atoms with Crippen LogP contribution in [0.5, 0.6) is 0 Å². The molecule has 5 nitrogen and oxygen atoms in total. The number of nitrogens with zero attached hydrogens (tertiary/aromatic N) is 4. The average Bonchev–Trinajstić information content (AvgIpc) is 2.93.